The molecule has 0 aliphatic carbocycles. The Hall–Kier alpha value is -2.88. The molecule has 2 aromatic rings. The normalized spacial score (nSPS) is 19.2. The van der Waals surface area contributed by atoms with E-state index < -0.39 is 11.9 Å². The van der Waals surface area contributed by atoms with Gasteiger partial charge in [-0.05, 0) is 19.4 Å². The summed E-state index contributed by atoms with van der Waals surface area (Å²) in [4.78, 5) is 38.0. The average molecular weight is 417 g/mol. The number of thioether (sulfide) groups is 1. The van der Waals surface area contributed by atoms with Gasteiger partial charge in [0.15, 0.2) is 0 Å². The number of nitrogens with one attached hydrogen (secondary N) is 2. The van der Waals surface area contributed by atoms with Crippen molar-refractivity contribution in [2.75, 3.05) is 12.3 Å². The van der Waals surface area contributed by atoms with Crippen molar-refractivity contribution >= 4 is 29.6 Å². The molecule has 0 bridgehead atoms. The summed E-state index contributed by atoms with van der Waals surface area (Å²) >= 11 is 1.14. The third-order valence-electron chi connectivity index (χ3n) is 4.51. The van der Waals surface area contributed by atoms with E-state index >= 15 is 0 Å². The lowest BCUT2D eigenvalue weighted by Gasteiger charge is -2.35. The maximum absolute atomic E-state index is 13.0. The van der Waals surface area contributed by atoms with Crippen LogP contribution in [-0.2, 0) is 22.6 Å². The van der Waals surface area contributed by atoms with Crippen LogP contribution in [0.1, 0.15) is 25.3 Å². The number of hydrogen-bond donors (Lipinski definition) is 2. The number of amides is 4. The smallest absolute Gasteiger partial charge is 0.324 e. The largest absolute Gasteiger partial charge is 0.416 e. The maximum atomic E-state index is 13.0. The summed E-state index contributed by atoms with van der Waals surface area (Å²) in [5.41, 5.74) is 0.867. The molecule has 0 radical (unpaired) electrons. The molecule has 1 aromatic carbocycles. The number of aromatic nitrogens is 2. The number of rotatable bonds is 8. The molecule has 1 aromatic heterocycles. The zero-order valence-electron chi connectivity index (χ0n) is 16.3. The third-order valence-corrected chi connectivity index (χ3v) is 5.33. The quantitative estimate of drug-likeness (QED) is 0.627. The fraction of sp³-hybridized carbons (Fsp3) is 0.421. The highest BCUT2D eigenvalue weighted by atomic mass is 32.2. The van der Waals surface area contributed by atoms with Crippen molar-refractivity contribution in [1.82, 2.24) is 25.7 Å². The standard InChI is InChI=1S/C19H23N5O4S/c1-3-20-15(25)11-29-19-23-22-16(28-19)9-14-12(2)21-18(27)24(17(14)26)10-13-7-5-4-6-8-13/h4-8,12,14H,3,9-11H2,1-2H3,(H,20,25)(H,21,27). The Bertz CT molecular complexity index is 872. The summed E-state index contributed by atoms with van der Waals surface area (Å²) in [6.07, 6.45) is 0.209. The van der Waals surface area contributed by atoms with Gasteiger partial charge in [-0.3, -0.25) is 14.5 Å². The Kier molecular flexibility index (Phi) is 6.86. The lowest BCUT2D eigenvalue weighted by Crippen LogP contribution is -2.59. The molecule has 2 atom stereocenters. The lowest BCUT2D eigenvalue weighted by atomic mass is 9.93. The van der Waals surface area contributed by atoms with Crippen LogP contribution in [0.3, 0.4) is 0 Å². The van der Waals surface area contributed by atoms with Crippen molar-refractivity contribution < 1.29 is 18.8 Å². The third kappa shape index (κ3) is 5.35. The van der Waals surface area contributed by atoms with Gasteiger partial charge in [-0.2, -0.15) is 0 Å². The first kappa shape index (κ1) is 20.8. The first-order valence-electron chi connectivity index (χ1n) is 9.35. The molecule has 0 spiro atoms. The van der Waals surface area contributed by atoms with E-state index in [0.29, 0.717) is 12.4 Å². The fourth-order valence-corrected chi connectivity index (χ4v) is 3.62. The van der Waals surface area contributed by atoms with Crippen LogP contribution in [0.4, 0.5) is 4.79 Å². The molecule has 1 aliphatic rings. The molecular formula is C19H23N5O4S. The SMILES string of the molecule is CCNC(=O)CSc1nnc(CC2C(=O)N(Cc3ccccc3)C(=O)NC2C)o1. The average Bonchev–Trinajstić information content (AvgIpc) is 3.15. The Morgan fingerprint density at radius 1 is 1.28 bits per heavy atom. The van der Waals surface area contributed by atoms with Gasteiger partial charge in [0.1, 0.15) is 0 Å². The summed E-state index contributed by atoms with van der Waals surface area (Å²) in [6.45, 7) is 4.38. The predicted octanol–water partition coefficient (Wildman–Crippen LogP) is 1.60. The van der Waals surface area contributed by atoms with E-state index in [4.69, 9.17) is 4.42 Å². The second-order valence-corrected chi connectivity index (χ2v) is 7.59. The minimum Gasteiger partial charge on any atom is -0.416 e. The number of imide groups is 1. The molecule has 2 heterocycles. The first-order chi connectivity index (χ1) is 14.0. The summed E-state index contributed by atoms with van der Waals surface area (Å²) in [6, 6.07) is 8.56. The summed E-state index contributed by atoms with van der Waals surface area (Å²) < 4.78 is 5.57. The Balaban J connectivity index is 1.64. The molecule has 0 saturated carbocycles. The zero-order chi connectivity index (χ0) is 20.8. The minimum atomic E-state index is -0.516. The van der Waals surface area contributed by atoms with E-state index in [0.717, 1.165) is 17.3 Å². The van der Waals surface area contributed by atoms with Crippen LogP contribution in [0, 0.1) is 5.92 Å². The van der Waals surface area contributed by atoms with Gasteiger partial charge in [-0.25, -0.2) is 4.79 Å². The van der Waals surface area contributed by atoms with Crippen LogP contribution in [0.5, 0.6) is 0 Å². The molecular weight excluding hydrogens is 394 g/mol. The summed E-state index contributed by atoms with van der Waals surface area (Å²) in [5, 5.41) is 13.7. The molecule has 2 N–H and O–H groups in total. The molecule has 1 fully saturated rings. The molecule has 2 unspecified atom stereocenters. The van der Waals surface area contributed by atoms with Crippen molar-refractivity contribution in [3.8, 4) is 0 Å². The Labute approximate surface area is 172 Å². The van der Waals surface area contributed by atoms with E-state index in [2.05, 4.69) is 20.8 Å². The van der Waals surface area contributed by atoms with Crippen molar-refractivity contribution in [2.45, 2.75) is 38.1 Å². The number of carbonyl (C=O) groups is 3. The van der Waals surface area contributed by atoms with E-state index in [1.165, 1.54) is 4.90 Å². The highest BCUT2D eigenvalue weighted by Gasteiger charge is 2.39. The molecule has 1 saturated heterocycles. The molecule has 10 heteroatoms. The van der Waals surface area contributed by atoms with Gasteiger partial charge in [-0.1, -0.05) is 42.1 Å². The summed E-state index contributed by atoms with van der Waals surface area (Å²) in [7, 11) is 0. The van der Waals surface area contributed by atoms with Crippen LogP contribution >= 0.6 is 11.8 Å². The molecule has 154 valence electrons. The van der Waals surface area contributed by atoms with Crippen LogP contribution in [0.25, 0.3) is 0 Å². The van der Waals surface area contributed by atoms with Gasteiger partial charge in [0.2, 0.25) is 17.7 Å². The predicted molar refractivity (Wildman–Crippen MR) is 106 cm³/mol. The van der Waals surface area contributed by atoms with E-state index in [9.17, 15) is 14.4 Å². The number of urea groups is 1. The number of nitrogens with zero attached hydrogens (tertiary/aromatic N) is 3. The van der Waals surface area contributed by atoms with Gasteiger partial charge < -0.3 is 15.1 Å². The second kappa shape index (κ2) is 9.55. The second-order valence-electron chi connectivity index (χ2n) is 6.66. The highest BCUT2D eigenvalue weighted by molar-refractivity contribution is 7.99. The summed E-state index contributed by atoms with van der Waals surface area (Å²) in [5.74, 6) is -0.440. The van der Waals surface area contributed by atoms with Gasteiger partial charge in [0.25, 0.3) is 5.22 Å². The van der Waals surface area contributed by atoms with E-state index in [1.807, 2.05) is 37.3 Å². The highest BCUT2D eigenvalue weighted by Crippen LogP contribution is 2.23. The minimum absolute atomic E-state index is 0.118. The van der Waals surface area contributed by atoms with E-state index in [-0.39, 0.29) is 41.8 Å². The van der Waals surface area contributed by atoms with Crippen LogP contribution < -0.4 is 10.6 Å². The fourth-order valence-electron chi connectivity index (χ4n) is 3.01. The monoisotopic (exact) mass is 417 g/mol. The number of hydrogen-bond acceptors (Lipinski definition) is 7. The lowest BCUT2D eigenvalue weighted by molar-refractivity contribution is -0.135. The van der Waals surface area contributed by atoms with Crippen molar-refractivity contribution in [2.24, 2.45) is 5.92 Å². The molecule has 9 nitrogen and oxygen atoms in total. The first-order valence-corrected chi connectivity index (χ1v) is 10.3. The van der Waals surface area contributed by atoms with Crippen LogP contribution in [0.15, 0.2) is 40.0 Å². The number of carbonyl (C=O) groups excluding carboxylic acids is 3. The van der Waals surface area contributed by atoms with Crippen molar-refractivity contribution in [1.29, 1.82) is 0 Å². The molecule has 1 aliphatic heterocycles. The van der Waals surface area contributed by atoms with Gasteiger partial charge in [0.05, 0.1) is 18.2 Å². The van der Waals surface area contributed by atoms with Crippen LogP contribution in [-0.4, -0.2) is 51.3 Å². The molecule has 4 amide bonds. The maximum Gasteiger partial charge on any atom is 0.324 e. The van der Waals surface area contributed by atoms with Crippen molar-refractivity contribution in [3.63, 3.8) is 0 Å². The van der Waals surface area contributed by atoms with Gasteiger partial charge in [-0.15, -0.1) is 10.2 Å². The van der Waals surface area contributed by atoms with Crippen molar-refractivity contribution in [3.05, 3.63) is 41.8 Å². The zero-order valence-corrected chi connectivity index (χ0v) is 17.1. The van der Waals surface area contributed by atoms with Crippen LogP contribution in [0.2, 0.25) is 0 Å². The van der Waals surface area contributed by atoms with Gasteiger partial charge >= 0.3 is 6.03 Å². The van der Waals surface area contributed by atoms with Gasteiger partial charge in [0, 0.05) is 19.0 Å². The topological polar surface area (TPSA) is 117 Å². The Morgan fingerprint density at radius 3 is 2.76 bits per heavy atom. The number of benzene rings is 1. The van der Waals surface area contributed by atoms with E-state index in [1.54, 1.807) is 6.92 Å². The Morgan fingerprint density at radius 2 is 2.03 bits per heavy atom. The molecule has 3 rings (SSSR count). The molecule has 29 heavy (non-hydrogen) atoms.